The molecule has 0 saturated carbocycles. The largest absolute Gasteiger partial charge is 0.496 e. The number of aryl methyl sites for hydroxylation is 1. The maximum Gasteiger partial charge on any atom is 0.338 e. The van der Waals surface area contributed by atoms with Gasteiger partial charge in [-0.05, 0) is 50.6 Å². The van der Waals surface area contributed by atoms with Gasteiger partial charge >= 0.3 is 12.0 Å². The standard InChI is InChI=1S/C21H26N2O4/c1-14(2)23-21(25)22-12-16-6-8-17(9-7-16)20(24)27-13-18-11-15(3)5-10-19(18)26-4/h5-11,14H,12-13H2,1-4H3,(H2,22,23,25). The zero-order valence-corrected chi connectivity index (χ0v) is 16.2. The summed E-state index contributed by atoms with van der Waals surface area (Å²) in [4.78, 5) is 23.8. The van der Waals surface area contributed by atoms with Gasteiger partial charge in [-0.15, -0.1) is 0 Å². The van der Waals surface area contributed by atoms with Gasteiger partial charge in [-0.2, -0.15) is 0 Å². The predicted octanol–water partition coefficient (Wildman–Crippen LogP) is 3.57. The summed E-state index contributed by atoms with van der Waals surface area (Å²) in [6.07, 6.45) is 0. The molecule has 0 aromatic heterocycles. The number of methoxy groups -OCH3 is 1. The van der Waals surface area contributed by atoms with Crippen LogP contribution < -0.4 is 15.4 Å². The van der Waals surface area contributed by atoms with E-state index < -0.39 is 5.97 Å². The van der Waals surface area contributed by atoms with Gasteiger partial charge in [-0.3, -0.25) is 0 Å². The number of hydrogen-bond acceptors (Lipinski definition) is 4. The highest BCUT2D eigenvalue weighted by Gasteiger charge is 2.10. The smallest absolute Gasteiger partial charge is 0.338 e. The zero-order valence-electron chi connectivity index (χ0n) is 16.2. The average molecular weight is 370 g/mol. The Morgan fingerprint density at radius 2 is 1.78 bits per heavy atom. The molecule has 2 amide bonds. The van der Waals surface area contributed by atoms with Crippen molar-refractivity contribution < 1.29 is 19.1 Å². The predicted molar refractivity (Wildman–Crippen MR) is 104 cm³/mol. The summed E-state index contributed by atoms with van der Waals surface area (Å²) in [5.74, 6) is 0.283. The first kappa shape index (κ1) is 20.3. The van der Waals surface area contributed by atoms with E-state index in [1.165, 1.54) is 0 Å². The Balaban J connectivity index is 1.90. The lowest BCUT2D eigenvalue weighted by Crippen LogP contribution is -2.39. The molecule has 2 aromatic carbocycles. The Labute approximate surface area is 159 Å². The molecule has 0 atom stereocenters. The van der Waals surface area contributed by atoms with Crippen molar-refractivity contribution in [3.63, 3.8) is 0 Å². The number of rotatable bonds is 7. The topological polar surface area (TPSA) is 76.7 Å². The molecule has 0 fully saturated rings. The highest BCUT2D eigenvalue weighted by atomic mass is 16.5. The van der Waals surface area contributed by atoms with Gasteiger partial charge in [0.15, 0.2) is 0 Å². The van der Waals surface area contributed by atoms with E-state index in [-0.39, 0.29) is 18.7 Å². The number of amides is 2. The fourth-order valence-corrected chi connectivity index (χ4v) is 2.50. The van der Waals surface area contributed by atoms with Gasteiger partial charge in [-0.25, -0.2) is 9.59 Å². The Hall–Kier alpha value is -3.02. The van der Waals surface area contributed by atoms with Crippen LogP contribution in [0.3, 0.4) is 0 Å². The van der Waals surface area contributed by atoms with Crippen molar-refractivity contribution in [2.24, 2.45) is 0 Å². The van der Waals surface area contributed by atoms with Crippen molar-refractivity contribution in [2.75, 3.05) is 7.11 Å². The molecule has 6 heteroatoms. The molecule has 6 nitrogen and oxygen atoms in total. The molecule has 2 aromatic rings. The van der Waals surface area contributed by atoms with Crippen LogP contribution in [0.4, 0.5) is 4.79 Å². The van der Waals surface area contributed by atoms with Crippen LogP contribution in [0.2, 0.25) is 0 Å². The fraction of sp³-hybridized carbons (Fsp3) is 0.333. The third-order valence-corrected chi connectivity index (χ3v) is 3.86. The summed E-state index contributed by atoms with van der Waals surface area (Å²) in [7, 11) is 1.59. The minimum absolute atomic E-state index is 0.0779. The van der Waals surface area contributed by atoms with Crippen molar-refractivity contribution in [2.45, 2.75) is 40.0 Å². The van der Waals surface area contributed by atoms with Crippen molar-refractivity contribution in [3.8, 4) is 5.75 Å². The third-order valence-electron chi connectivity index (χ3n) is 3.86. The van der Waals surface area contributed by atoms with Crippen molar-refractivity contribution in [1.82, 2.24) is 10.6 Å². The van der Waals surface area contributed by atoms with Gasteiger partial charge in [-0.1, -0.05) is 23.8 Å². The molecule has 0 bridgehead atoms. The van der Waals surface area contributed by atoms with Crippen LogP contribution in [0, 0.1) is 6.92 Å². The number of hydrogen-bond donors (Lipinski definition) is 2. The first-order chi connectivity index (χ1) is 12.9. The van der Waals surface area contributed by atoms with Gasteiger partial charge < -0.3 is 20.1 Å². The molecular formula is C21H26N2O4. The number of carbonyl (C=O) groups excluding carboxylic acids is 2. The number of carbonyl (C=O) groups is 2. The van der Waals surface area contributed by atoms with Gasteiger partial charge in [0, 0.05) is 18.2 Å². The summed E-state index contributed by atoms with van der Waals surface area (Å²) in [5, 5.41) is 5.52. The molecule has 144 valence electrons. The van der Waals surface area contributed by atoms with E-state index in [2.05, 4.69) is 10.6 Å². The van der Waals surface area contributed by atoms with Crippen LogP contribution >= 0.6 is 0 Å². The average Bonchev–Trinajstić information content (AvgIpc) is 2.64. The highest BCUT2D eigenvalue weighted by Crippen LogP contribution is 2.21. The number of esters is 1. The molecule has 27 heavy (non-hydrogen) atoms. The normalized spacial score (nSPS) is 10.4. The van der Waals surface area contributed by atoms with Gasteiger partial charge in [0.05, 0.1) is 12.7 Å². The lowest BCUT2D eigenvalue weighted by atomic mass is 10.1. The van der Waals surface area contributed by atoms with Crippen molar-refractivity contribution >= 4 is 12.0 Å². The van der Waals surface area contributed by atoms with E-state index in [1.54, 1.807) is 31.4 Å². The van der Waals surface area contributed by atoms with Crippen LogP contribution in [0.5, 0.6) is 5.75 Å². The molecule has 0 saturated heterocycles. The third kappa shape index (κ3) is 6.33. The molecule has 0 spiro atoms. The number of ether oxygens (including phenoxy) is 2. The maximum absolute atomic E-state index is 12.3. The molecule has 0 aliphatic rings. The molecule has 0 unspecified atom stereocenters. The molecule has 0 radical (unpaired) electrons. The minimum atomic E-state index is -0.407. The van der Waals surface area contributed by atoms with Crippen molar-refractivity contribution in [1.29, 1.82) is 0 Å². The molecular weight excluding hydrogens is 344 g/mol. The van der Waals surface area contributed by atoms with E-state index in [0.717, 1.165) is 16.7 Å². The van der Waals surface area contributed by atoms with E-state index in [9.17, 15) is 9.59 Å². The van der Waals surface area contributed by atoms with E-state index >= 15 is 0 Å². The fourth-order valence-electron chi connectivity index (χ4n) is 2.50. The number of benzene rings is 2. The summed E-state index contributed by atoms with van der Waals surface area (Å²) >= 11 is 0. The van der Waals surface area contributed by atoms with Gasteiger partial charge in [0.2, 0.25) is 0 Å². The molecule has 2 N–H and O–H groups in total. The molecule has 2 rings (SSSR count). The molecule has 0 aliphatic carbocycles. The summed E-state index contributed by atoms with van der Waals surface area (Å²) in [6, 6.07) is 12.5. The molecule has 0 heterocycles. The maximum atomic E-state index is 12.3. The second-order valence-corrected chi connectivity index (χ2v) is 6.57. The summed E-state index contributed by atoms with van der Waals surface area (Å²) in [6.45, 7) is 6.29. The Morgan fingerprint density at radius 1 is 1.07 bits per heavy atom. The van der Waals surface area contributed by atoms with E-state index in [0.29, 0.717) is 17.9 Å². The highest BCUT2D eigenvalue weighted by molar-refractivity contribution is 5.89. The van der Waals surface area contributed by atoms with E-state index in [1.807, 2.05) is 39.0 Å². The first-order valence-corrected chi connectivity index (χ1v) is 8.83. The monoisotopic (exact) mass is 370 g/mol. The quantitative estimate of drug-likeness (QED) is 0.731. The second-order valence-electron chi connectivity index (χ2n) is 6.57. The number of urea groups is 1. The van der Waals surface area contributed by atoms with Crippen LogP contribution in [0.15, 0.2) is 42.5 Å². The van der Waals surface area contributed by atoms with Crippen LogP contribution in [0.1, 0.15) is 40.9 Å². The van der Waals surface area contributed by atoms with Gasteiger partial charge in [0.1, 0.15) is 12.4 Å². The Kier molecular flexibility index (Phi) is 7.23. The zero-order chi connectivity index (χ0) is 19.8. The Morgan fingerprint density at radius 3 is 2.41 bits per heavy atom. The van der Waals surface area contributed by atoms with Crippen LogP contribution in [-0.2, 0) is 17.9 Å². The first-order valence-electron chi connectivity index (χ1n) is 8.83. The SMILES string of the molecule is COc1ccc(C)cc1COC(=O)c1ccc(CNC(=O)NC(C)C)cc1. The van der Waals surface area contributed by atoms with Crippen LogP contribution in [0.25, 0.3) is 0 Å². The minimum Gasteiger partial charge on any atom is -0.496 e. The Bertz CT molecular complexity index is 785. The van der Waals surface area contributed by atoms with Crippen molar-refractivity contribution in [3.05, 3.63) is 64.7 Å². The lowest BCUT2D eigenvalue weighted by molar-refractivity contribution is 0.0470. The van der Waals surface area contributed by atoms with E-state index in [4.69, 9.17) is 9.47 Å². The molecule has 0 aliphatic heterocycles. The second kappa shape index (κ2) is 9.62. The summed E-state index contributed by atoms with van der Waals surface area (Å²) in [5.41, 5.74) is 3.24. The van der Waals surface area contributed by atoms with Gasteiger partial charge in [0.25, 0.3) is 0 Å². The summed E-state index contributed by atoms with van der Waals surface area (Å²) < 4.78 is 10.7. The number of nitrogens with one attached hydrogen (secondary N) is 2. The lowest BCUT2D eigenvalue weighted by Gasteiger charge is -2.11. The van der Waals surface area contributed by atoms with Crippen LogP contribution in [-0.4, -0.2) is 25.2 Å².